The minimum absolute atomic E-state index is 0.331. The Kier molecular flexibility index (Phi) is 3.16. The molecule has 0 spiro atoms. The van der Waals surface area contributed by atoms with Gasteiger partial charge in [-0.2, -0.15) is 0 Å². The molecule has 92 valence electrons. The van der Waals surface area contributed by atoms with Crippen LogP contribution in [0.15, 0.2) is 48.5 Å². The van der Waals surface area contributed by atoms with Gasteiger partial charge in [-0.3, -0.25) is 0 Å². The number of rotatable bonds is 1. The molecule has 0 aliphatic heterocycles. The third-order valence-electron chi connectivity index (χ3n) is 3.91. The van der Waals surface area contributed by atoms with Crippen LogP contribution in [-0.4, -0.2) is 7.05 Å². The van der Waals surface area contributed by atoms with Gasteiger partial charge in [-0.1, -0.05) is 48.5 Å². The van der Waals surface area contributed by atoms with Crippen LogP contribution in [0, 0.1) is 0 Å². The Hall–Kier alpha value is -1.60. The Bertz CT molecular complexity index is 497. The van der Waals surface area contributed by atoms with Gasteiger partial charge < -0.3 is 5.32 Å². The summed E-state index contributed by atoms with van der Waals surface area (Å²) in [6, 6.07) is 18.0. The van der Waals surface area contributed by atoms with Crippen LogP contribution in [-0.2, 0) is 12.8 Å². The van der Waals surface area contributed by atoms with Gasteiger partial charge in [-0.05, 0) is 48.6 Å². The summed E-state index contributed by atoms with van der Waals surface area (Å²) < 4.78 is 0. The average Bonchev–Trinajstić information content (AvgIpc) is 2.40. The highest BCUT2D eigenvalue weighted by molar-refractivity contribution is 5.42. The molecule has 2 aromatic rings. The average molecular weight is 237 g/mol. The van der Waals surface area contributed by atoms with Crippen molar-refractivity contribution < 1.29 is 0 Å². The maximum atomic E-state index is 3.48. The molecule has 3 rings (SSSR count). The lowest BCUT2D eigenvalue weighted by molar-refractivity contribution is 0.651. The molecule has 1 aliphatic rings. The van der Waals surface area contributed by atoms with E-state index in [0.717, 1.165) is 0 Å². The number of fused-ring (bicyclic) bond motifs is 2. The first-order valence-electron chi connectivity index (χ1n) is 6.73. The molecule has 0 aromatic heterocycles. The van der Waals surface area contributed by atoms with Gasteiger partial charge in [0.15, 0.2) is 0 Å². The van der Waals surface area contributed by atoms with Crippen molar-refractivity contribution >= 4 is 0 Å². The molecule has 1 aliphatic carbocycles. The van der Waals surface area contributed by atoms with Gasteiger partial charge >= 0.3 is 0 Å². The quantitative estimate of drug-likeness (QED) is 0.800. The summed E-state index contributed by atoms with van der Waals surface area (Å²) in [5, 5.41) is 3.48. The molecule has 0 atom stereocenters. The molecule has 0 radical (unpaired) electrons. The van der Waals surface area contributed by atoms with Crippen LogP contribution in [0.5, 0.6) is 0 Å². The molecule has 0 saturated heterocycles. The Morgan fingerprint density at radius 3 is 1.83 bits per heavy atom. The predicted molar refractivity (Wildman–Crippen MR) is 75.8 cm³/mol. The monoisotopic (exact) mass is 237 g/mol. The SMILES string of the molecule is CNC1c2ccccc2CCCc2ccccc21. The van der Waals surface area contributed by atoms with Crippen LogP contribution in [0.4, 0.5) is 0 Å². The minimum atomic E-state index is 0.331. The minimum Gasteiger partial charge on any atom is -0.309 e. The van der Waals surface area contributed by atoms with Crippen molar-refractivity contribution in [2.24, 2.45) is 0 Å². The molecule has 1 nitrogen and oxygen atoms in total. The molecular formula is C17H19N. The van der Waals surface area contributed by atoms with Gasteiger partial charge in [0.05, 0.1) is 6.04 Å². The highest BCUT2D eigenvalue weighted by atomic mass is 14.9. The fraction of sp³-hybridized carbons (Fsp3) is 0.294. The topological polar surface area (TPSA) is 12.0 Å². The van der Waals surface area contributed by atoms with Gasteiger partial charge in [0.25, 0.3) is 0 Å². The maximum Gasteiger partial charge on any atom is 0.0579 e. The first-order chi connectivity index (χ1) is 8.90. The number of nitrogens with one attached hydrogen (secondary N) is 1. The summed E-state index contributed by atoms with van der Waals surface area (Å²) >= 11 is 0. The van der Waals surface area contributed by atoms with Crippen molar-refractivity contribution in [2.75, 3.05) is 7.05 Å². The highest BCUT2D eigenvalue weighted by Gasteiger charge is 2.19. The van der Waals surface area contributed by atoms with Gasteiger partial charge in [-0.25, -0.2) is 0 Å². The van der Waals surface area contributed by atoms with E-state index in [2.05, 4.69) is 60.9 Å². The van der Waals surface area contributed by atoms with E-state index in [1.54, 1.807) is 0 Å². The Balaban J connectivity index is 2.16. The zero-order valence-electron chi connectivity index (χ0n) is 10.8. The standard InChI is InChI=1S/C17H19N/c1-18-17-15-11-4-2-7-13(15)9-6-10-14-8-3-5-12-16(14)17/h2-5,7-8,11-12,17-18H,6,9-10H2,1H3. The second kappa shape index (κ2) is 4.95. The molecule has 0 heterocycles. The molecular weight excluding hydrogens is 218 g/mol. The van der Waals surface area contributed by atoms with E-state index in [-0.39, 0.29) is 0 Å². The number of benzene rings is 2. The van der Waals surface area contributed by atoms with Crippen LogP contribution in [0.3, 0.4) is 0 Å². The molecule has 0 amide bonds. The van der Waals surface area contributed by atoms with Crippen molar-refractivity contribution in [1.29, 1.82) is 0 Å². The zero-order chi connectivity index (χ0) is 12.4. The van der Waals surface area contributed by atoms with Crippen LogP contribution in [0.1, 0.15) is 34.7 Å². The van der Waals surface area contributed by atoms with Gasteiger partial charge in [-0.15, -0.1) is 0 Å². The van der Waals surface area contributed by atoms with Crippen molar-refractivity contribution in [1.82, 2.24) is 5.32 Å². The lowest BCUT2D eigenvalue weighted by atomic mass is 9.85. The fourth-order valence-corrected chi connectivity index (χ4v) is 3.03. The fourth-order valence-electron chi connectivity index (χ4n) is 3.03. The molecule has 18 heavy (non-hydrogen) atoms. The molecule has 1 heteroatoms. The highest BCUT2D eigenvalue weighted by Crippen LogP contribution is 2.31. The van der Waals surface area contributed by atoms with E-state index < -0.39 is 0 Å². The smallest absolute Gasteiger partial charge is 0.0579 e. The third-order valence-corrected chi connectivity index (χ3v) is 3.91. The van der Waals surface area contributed by atoms with Crippen LogP contribution < -0.4 is 5.32 Å². The summed E-state index contributed by atoms with van der Waals surface area (Å²) in [5.41, 5.74) is 5.86. The summed E-state index contributed by atoms with van der Waals surface area (Å²) in [6.07, 6.45) is 3.61. The summed E-state index contributed by atoms with van der Waals surface area (Å²) in [7, 11) is 2.06. The van der Waals surface area contributed by atoms with Gasteiger partial charge in [0.2, 0.25) is 0 Å². The zero-order valence-corrected chi connectivity index (χ0v) is 10.8. The van der Waals surface area contributed by atoms with Gasteiger partial charge in [0, 0.05) is 0 Å². The van der Waals surface area contributed by atoms with Crippen LogP contribution >= 0.6 is 0 Å². The molecule has 0 fully saturated rings. The molecule has 0 bridgehead atoms. The summed E-state index contributed by atoms with van der Waals surface area (Å²) in [5.74, 6) is 0. The molecule has 0 unspecified atom stereocenters. The first kappa shape index (κ1) is 11.5. The van der Waals surface area contributed by atoms with E-state index in [4.69, 9.17) is 0 Å². The third kappa shape index (κ3) is 1.95. The van der Waals surface area contributed by atoms with Crippen molar-refractivity contribution in [2.45, 2.75) is 25.3 Å². The van der Waals surface area contributed by atoms with E-state index in [9.17, 15) is 0 Å². The van der Waals surface area contributed by atoms with Crippen LogP contribution in [0.25, 0.3) is 0 Å². The molecule has 2 aromatic carbocycles. The maximum absolute atomic E-state index is 3.48. The number of hydrogen-bond donors (Lipinski definition) is 1. The Morgan fingerprint density at radius 2 is 1.33 bits per heavy atom. The summed E-state index contributed by atoms with van der Waals surface area (Å²) in [6.45, 7) is 0. The first-order valence-corrected chi connectivity index (χ1v) is 6.73. The summed E-state index contributed by atoms with van der Waals surface area (Å²) in [4.78, 5) is 0. The number of aryl methyl sites for hydroxylation is 2. The van der Waals surface area contributed by atoms with Crippen molar-refractivity contribution in [3.8, 4) is 0 Å². The van der Waals surface area contributed by atoms with E-state index >= 15 is 0 Å². The Morgan fingerprint density at radius 1 is 0.833 bits per heavy atom. The van der Waals surface area contributed by atoms with E-state index in [0.29, 0.717) is 6.04 Å². The normalized spacial score (nSPS) is 15.4. The largest absolute Gasteiger partial charge is 0.309 e. The van der Waals surface area contributed by atoms with E-state index in [1.807, 2.05) is 0 Å². The number of hydrogen-bond acceptors (Lipinski definition) is 1. The molecule has 1 N–H and O–H groups in total. The van der Waals surface area contributed by atoms with Gasteiger partial charge in [0.1, 0.15) is 0 Å². The van der Waals surface area contributed by atoms with Crippen molar-refractivity contribution in [3.63, 3.8) is 0 Å². The van der Waals surface area contributed by atoms with E-state index in [1.165, 1.54) is 41.5 Å². The lowest BCUT2D eigenvalue weighted by Crippen LogP contribution is -2.22. The van der Waals surface area contributed by atoms with Crippen molar-refractivity contribution in [3.05, 3.63) is 70.8 Å². The second-order valence-electron chi connectivity index (χ2n) is 4.97. The lowest BCUT2D eigenvalue weighted by Gasteiger charge is -2.25. The predicted octanol–water partition coefficient (Wildman–Crippen LogP) is 3.48. The van der Waals surface area contributed by atoms with Crippen LogP contribution in [0.2, 0.25) is 0 Å². The molecule has 0 saturated carbocycles. The Labute approximate surface area is 109 Å². The second-order valence-corrected chi connectivity index (χ2v) is 4.97.